The molecule has 1 aliphatic heterocycles. The maximum atomic E-state index is 4.33. The van der Waals surface area contributed by atoms with E-state index in [0.29, 0.717) is 0 Å². The van der Waals surface area contributed by atoms with Crippen LogP contribution in [0.25, 0.3) is 0 Å². The molecule has 1 fully saturated rings. The van der Waals surface area contributed by atoms with Crippen molar-refractivity contribution >= 4 is 28.7 Å². The molecule has 72 valence electrons. The van der Waals surface area contributed by atoms with Crippen molar-refractivity contribution in [1.82, 2.24) is 13.3 Å². The Bertz CT molecular complexity index is 290. The van der Waals surface area contributed by atoms with Crippen LogP contribution in [0, 0.1) is 6.92 Å². The maximum absolute atomic E-state index is 4.33. The van der Waals surface area contributed by atoms with Gasteiger partial charge in [-0.3, -0.25) is 0 Å². The molecule has 1 aromatic rings. The van der Waals surface area contributed by atoms with Crippen molar-refractivity contribution in [2.45, 2.75) is 6.92 Å². The van der Waals surface area contributed by atoms with Gasteiger partial charge in [-0.2, -0.15) is 7.99 Å². The van der Waals surface area contributed by atoms with E-state index in [1.165, 1.54) is 5.82 Å². The molecule has 1 aliphatic rings. The van der Waals surface area contributed by atoms with Gasteiger partial charge in [0.2, 0.25) is 0 Å². The molecule has 0 spiro atoms. The highest BCUT2D eigenvalue weighted by molar-refractivity contribution is 14.1. The van der Waals surface area contributed by atoms with E-state index in [2.05, 4.69) is 44.2 Å². The Balaban J connectivity index is 2.18. The lowest BCUT2D eigenvalue weighted by molar-refractivity contribution is 0.584. The number of rotatable bonds is 1. The Morgan fingerprint density at radius 3 is 2.69 bits per heavy atom. The molecule has 13 heavy (non-hydrogen) atoms. The van der Waals surface area contributed by atoms with Gasteiger partial charge in [-0.1, -0.05) is 0 Å². The average molecular weight is 292 g/mol. The summed E-state index contributed by atoms with van der Waals surface area (Å²) in [6.07, 6.45) is 0. The molecule has 0 amide bonds. The summed E-state index contributed by atoms with van der Waals surface area (Å²) >= 11 is 2.23. The third-order valence-corrected chi connectivity index (χ3v) is 2.92. The second kappa shape index (κ2) is 3.83. The molecule has 0 radical (unpaired) electrons. The van der Waals surface area contributed by atoms with Crippen molar-refractivity contribution in [3.63, 3.8) is 0 Å². The molecule has 0 aromatic carbocycles. The van der Waals surface area contributed by atoms with Gasteiger partial charge in [-0.25, -0.2) is 0 Å². The SMILES string of the molecule is Cc1cc(N2CCNCC2)n(I)n1. The van der Waals surface area contributed by atoms with E-state index in [-0.39, 0.29) is 0 Å². The molecule has 0 unspecified atom stereocenters. The molecule has 4 nitrogen and oxygen atoms in total. The van der Waals surface area contributed by atoms with Gasteiger partial charge in [0.1, 0.15) is 5.82 Å². The largest absolute Gasteiger partial charge is 0.354 e. The Labute approximate surface area is 91.8 Å². The van der Waals surface area contributed by atoms with E-state index < -0.39 is 0 Å². The second-order valence-electron chi connectivity index (χ2n) is 3.24. The lowest BCUT2D eigenvalue weighted by Gasteiger charge is -2.28. The van der Waals surface area contributed by atoms with E-state index in [1.807, 2.05) is 9.82 Å². The molecular formula is C8H13IN4. The fraction of sp³-hybridized carbons (Fsp3) is 0.625. The standard InChI is InChI=1S/C8H13IN4/c1-7-6-8(13(9)11-7)12-4-2-10-3-5-12/h6,10H,2-5H2,1H3. The number of nitrogens with zero attached hydrogens (tertiary/aromatic N) is 3. The van der Waals surface area contributed by atoms with Gasteiger partial charge in [0.25, 0.3) is 0 Å². The number of hydrogen-bond acceptors (Lipinski definition) is 3. The van der Waals surface area contributed by atoms with Crippen LogP contribution in [0.1, 0.15) is 5.69 Å². The van der Waals surface area contributed by atoms with Gasteiger partial charge >= 0.3 is 0 Å². The third kappa shape index (κ3) is 1.96. The van der Waals surface area contributed by atoms with Crippen molar-refractivity contribution < 1.29 is 0 Å². The Kier molecular flexibility index (Phi) is 2.73. The minimum atomic E-state index is 1.07. The van der Waals surface area contributed by atoms with Gasteiger partial charge in [0, 0.05) is 32.2 Å². The van der Waals surface area contributed by atoms with Crippen molar-refractivity contribution in [1.29, 1.82) is 0 Å². The summed E-state index contributed by atoms with van der Waals surface area (Å²) in [4.78, 5) is 2.36. The smallest absolute Gasteiger partial charge is 0.138 e. The summed E-state index contributed by atoms with van der Waals surface area (Å²) in [5, 5.41) is 7.66. The summed E-state index contributed by atoms with van der Waals surface area (Å²) in [6, 6.07) is 2.14. The molecule has 0 aliphatic carbocycles. The Hall–Kier alpha value is -0.300. The molecule has 5 heteroatoms. The third-order valence-electron chi connectivity index (χ3n) is 2.21. The van der Waals surface area contributed by atoms with Crippen LogP contribution in [0.2, 0.25) is 0 Å². The molecule has 1 saturated heterocycles. The molecular weight excluding hydrogens is 279 g/mol. The van der Waals surface area contributed by atoms with Crippen LogP contribution in [0.15, 0.2) is 6.07 Å². The average Bonchev–Trinajstić information content (AvgIpc) is 2.47. The van der Waals surface area contributed by atoms with Crippen LogP contribution in [0.5, 0.6) is 0 Å². The first-order valence-electron chi connectivity index (χ1n) is 4.46. The van der Waals surface area contributed by atoms with Gasteiger partial charge in [-0.15, -0.1) is 0 Å². The van der Waals surface area contributed by atoms with Crippen LogP contribution in [0.4, 0.5) is 5.82 Å². The number of piperazine rings is 1. The predicted octanol–water partition coefficient (Wildman–Crippen LogP) is 0.799. The van der Waals surface area contributed by atoms with E-state index in [9.17, 15) is 0 Å². The van der Waals surface area contributed by atoms with Crippen molar-refractivity contribution in [2.75, 3.05) is 31.1 Å². The second-order valence-corrected chi connectivity index (χ2v) is 4.16. The highest BCUT2D eigenvalue weighted by Gasteiger charge is 2.14. The fourth-order valence-corrected chi connectivity index (χ4v) is 2.35. The van der Waals surface area contributed by atoms with E-state index in [1.54, 1.807) is 0 Å². The van der Waals surface area contributed by atoms with Crippen LogP contribution < -0.4 is 10.2 Å². The van der Waals surface area contributed by atoms with Crippen molar-refractivity contribution in [3.05, 3.63) is 11.8 Å². The number of hydrogen-bond donors (Lipinski definition) is 1. The zero-order valence-corrected chi connectivity index (χ0v) is 9.78. The normalized spacial score (nSPS) is 17.8. The predicted molar refractivity (Wildman–Crippen MR) is 61.5 cm³/mol. The molecule has 0 bridgehead atoms. The quantitative estimate of drug-likeness (QED) is 0.777. The first-order valence-corrected chi connectivity index (χ1v) is 5.42. The van der Waals surface area contributed by atoms with E-state index >= 15 is 0 Å². The lowest BCUT2D eigenvalue weighted by atomic mass is 10.3. The minimum absolute atomic E-state index is 1.07. The summed E-state index contributed by atoms with van der Waals surface area (Å²) in [7, 11) is 0. The van der Waals surface area contributed by atoms with Crippen LogP contribution in [0.3, 0.4) is 0 Å². The monoisotopic (exact) mass is 292 g/mol. The van der Waals surface area contributed by atoms with E-state index in [0.717, 1.165) is 31.9 Å². The summed E-state index contributed by atoms with van der Waals surface area (Å²) in [5.41, 5.74) is 1.09. The number of aryl methyl sites for hydroxylation is 1. The highest BCUT2D eigenvalue weighted by Crippen LogP contribution is 2.18. The summed E-state index contributed by atoms with van der Waals surface area (Å²) in [5.74, 6) is 1.22. The fourth-order valence-electron chi connectivity index (χ4n) is 1.56. The van der Waals surface area contributed by atoms with E-state index in [4.69, 9.17) is 0 Å². The molecule has 2 heterocycles. The number of halogens is 1. The van der Waals surface area contributed by atoms with Gasteiger partial charge < -0.3 is 10.2 Å². The minimum Gasteiger partial charge on any atom is -0.354 e. The number of aromatic nitrogens is 2. The first kappa shape index (κ1) is 9.26. The zero-order valence-electron chi connectivity index (χ0n) is 7.63. The van der Waals surface area contributed by atoms with Gasteiger partial charge in [0.05, 0.1) is 28.6 Å². The van der Waals surface area contributed by atoms with Gasteiger partial charge in [0.15, 0.2) is 0 Å². The molecule has 1 N–H and O–H groups in total. The van der Waals surface area contributed by atoms with Crippen LogP contribution in [-0.4, -0.2) is 34.2 Å². The topological polar surface area (TPSA) is 33.1 Å². The summed E-state index contributed by atoms with van der Waals surface area (Å²) < 4.78 is 1.93. The first-order chi connectivity index (χ1) is 6.27. The van der Waals surface area contributed by atoms with Gasteiger partial charge in [-0.05, 0) is 6.92 Å². The Morgan fingerprint density at radius 2 is 2.15 bits per heavy atom. The van der Waals surface area contributed by atoms with Crippen LogP contribution >= 0.6 is 22.9 Å². The molecule has 1 aromatic heterocycles. The summed E-state index contributed by atoms with van der Waals surface area (Å²) in [6.45, 7) is 6.32. The van der Waals surface area contributed by atoms with Crippen LogP contribution in [-0.2, 0) is 0 Å². The Morgan fingerprint density at radius 1 is 1.46 bits per heavy atom. The molecule has 0 saturated carbocycles. The number of nitrogens with one attached hydrogen (secondary N) is 1. The zero-order chi connectivity index (χ0) is 9.26. The molecule has 0 atom stereocenters. The number of anilines is 1. The highest BCUT2D eigenvalue weighted by atomic mass is 127. The molecule has 2 rings (SSSR count). The van der Waals surface area contributed by atoms with Crippen molar-refractivity contribution in [2.24, 2.45) is 0 Å². The lowest BCUT2D eigenvalue weighted by Crippen LogP contribution is -2.44. The maximum Gasteiger partial charge on any atom is 0.138 e. The van der Waals surface area contributed by atoms with Crippen molar-refractivity contribution in [3.8, 4) is 0 Å².